The first-order valence-electron chi connectivity index (χ1n) is 12.1. The monoisotopic (exact) mass is 489 g/mol. The second-order valence-electron chi connectivity index (χ2n) is 10.4. The van der Waals surface area contributed by atoms with Gasteiger partial charge in [0.05, 0.1) is 33.0 Å². The Morgan fingerprint density at radius 2 is 1.77 bits per heavy atom. The van der Waals surface area contributed by atoms with E-state index in [0.717, 1.165) is 12.8 Å². The molecule has 0 unspecified atom stereocenters. The van der Waals surface area contributed by atoms with Crippen molar-refractivity contribution < 1.29 is 43.1 Å². The van der Waals surface area contributed by atoms with Crippen molar-refractivity contribution in [1.82, 2.24) is 0 Å². The highest BCUT2D eigenvalue weighted by molar-refractivity contribution is 6.06. The van der Waals surface area contributed by atoms with Crippen molar-refractivity contribution in [3.8, 4) is 17.2 Å². The third-order valence-corrected chi connectivity index (χ3v) is 8.59. The maximum Gasteiger partial charge on any atom is 0.356 e. The molecule has 0 N–H and O–H groups in total. The summed E-state index contributed by atoms with van der Waals surface area (Å²) in [6.45, 7) is 4.04. The molecule has 1 aromatic carbocycles. The summed E-state index contributed by atoms with van der Waals surface area (Å²) in [4.78, 5) is 31.7. The number of ether oxygens (including phenoxy) is 5. The van der Waals surface area contributed by atoms with Gasteiger partial charge in [-0.3, -0.25) is 0 Å². The molecule has 10 nitrogen and oxygen atoms in total. The number of hydrogen-bond donors (Lipinski definition) is 0. The number of benzene rings is 1. The molecule has 10 heteroatoms. The Bertz CT molecular complexity index is 1070. The summed E-state index contributed by atoms with van der Waals surface area (Å²) in [6, 6.07) is 3.59. The first kappa shape index (κ1) is 22.9. The summed E-state index contributed by atoms with van der Waals surface area (Å²) in [5.41, 5.74) is -1.01. The minimum atomic E-state index is -1.34. The quantitative estimate of drug-likeness (QED) is 0.465. The van der Waals surface area contributed by atoms with E-state index < -0.39 is 29.2 Å². The fourth-order valence-corrected chi connectivity index (χ4v) is 6.79. The summed E-state index contributed by atoms with van der Waals surface area (Å²) in [5.74, 6) is 0.107. The van der Waals surface area contributed by atoms with Crippen molar-refractivity contribution >= 4 is 11.7 Å². The van der Waals surface area contributed by atoms with E-state index in [9.17, 15) is 4.79 Å². The van der Waals surface area contributed by atoms with E-state index in [0.29, 0.717) is 47.3 Å². The van der Waals surface area contributed by atoms with Crippen LogP contribution in [0.3, 0.4) is 0 Å². The predicted molar refractivity (Wildman–Crippen MR) is 120 cm³/mol. The molecule has 7 atom stereocenters. The summed E-state index contributed by atoms with van der Waals surface area (Å²) in [5, 5.41) is 4.39. The lowest BCUT2D eigenvalue weighted by atomic mass is 9.56. The van der Waals surface area contributed by atoms with Gasteiger partial charge in [0.15, 0.2) is 17.1 Å². The molecule has 0 amide bonds. The first-order chi connectivity index (χ1) is 16.8. The second-order valence-corrected chi connectivity index (χ2v) is 10.4. The van der Waals surface area contributed by atoms with Crippen LogP contribution in [0.25, 0.3) is 0 Å². The summed E-state index contributed by atoms with van der Waals surface area (Å²) in [6.07, 6.45) is 2.50. The van der Waals surface area contributed by atoms with Gasteiger partial charge >= 0.3 is 5.97 Å². The highest BCUT2D eigenvalue weighted by atomic mass is 17.3. The molecule has 190 valence electrons. The van der Waals surface area contributed by atoms with Gasteiger partial charge in [-0.05, 0) is 44.2 Å². The van der Waals surface area contributed by atoms with Crippen molar-refractivity contribution in [3.05, 3.63) is 17.7 Å². The van der Waals surface area contributed by atoms with Crippen LogP contribution in [0.4, 0.5) is 0 Å². The predicted octanol–water partition coefficient (Wildman–Crippen LogP) is 3.35. The normalized spacial score (nSPS) is 41.4. The van der Waals surface area contributed by atoms with Crippen LogP contribution in [0, 0.1) is 17.8 Å². The van der Waals surface area contributed by atoms with Crippen LogP contribution in [0.15, 0.2) is 17.3 Å². The van der Waals surface area contributed by atoms with Crippen LogP contribution < -0.4 is 14.2 Å². The van der Waals surface area contributed by atoms with Gasteiger partial charge in [-0.1, -0.05) is 12.1 Å². The Labute approximate surface area is 203 Å². The number of nitrogens with zero attached hydrogens (tertiary/aromatic N) is 1. The molecule has 2 bridgehead atoms. The van der Waals surface area contributed by atoms with Crippen molar-refractivity contribution in [3.63, 3.8) is 0 Å². The van der Waals surface area contributed by atoms with Gasteiger partial charge < -0.3 is 28.5 Å². The van der Waals surface area contributed by atoms with Crippen molar-refractivity contribution in [1.29, 1.82) is 0 Å². The molecule has 0 aromatic heterocycles. The number of fused-ring (bicyclic) bond motifs is 3. The maximum atomic E-state index is 13.6. The number of hydrogen-bond acceptors (Lipinski definition) is 10. The molecule has 6 aliphatic rings. The topological polar surface area (TPSA) is 103 Å². The van der Waals surface area contributed by atoms with Crippen LogP contribution in [0.1, 0.15) is 51.5 Å². The number of esters is 1. The van der Waals surface area contributed by atoms with E-state index in [1.54, 1.807) is 33.5 Å². The number of rotatable bonds is 4. The molecule has 7 rings (SSSR count). The van der Waals surface area contributed by atoms with E-state index in [1.807, 2.05) is 6.92 Å². The van der Waals surface area contributed by atoms with Crippen LogP contribution in [-0.4, -0.2) is 56.3 Å². The van der Waals surface area contributed by atoms with Gasteiger partial charge in [0.1, 0.15) is 0 Å². The second kappa shape index (κ2) is 7.72. The van der Waals surface area contributed by atoms with Crippen molar-refractivity contribution in [2.24, 2.45) is 22.9 Å². The molecule has 5 heterocycles. The van der Waals surface area contributed by atoms with Crippen LogP contribution in [0.2, 0.25) is 0 Å². The third-order valence-electron chi connectivity index (χ3n) is 8.59. The smallest absolute Gasteiger partial charge is 0.356 e. The third kappa shape index (κ3) is 2.99. The molecule has 5 fully saturated rings. The molecule has 4 saturated heterocycles. The Kier molecular flexibility index (Phi) is 5.04. The molecular formula is C25H31NO9. The molecule has 0 radical (unpaired) electrons. The van der Waals surface area contributed by atoms with Gasteiger partial charge in [0.2, 0.25) is 23.4 Å². The number of methoxy groups -OCH3 is 3. The zero-order valence-electron chi connectivity index (χ0n) is 20.6. The molecule has 1 aromatic rings. The van der Waals surface area contributed by atoms with E-state index in [1.165, 1.54) is 0 Å². The standard InChI is InChI=1S/C25H31NO9/c1-13-6-7-19-24(21(27)31-22-25(19)15(13)8-9-23(2,32-22)34-35-25)12-16(26-33-24)14-10-17(28-3)20(30-5)18(11-14)29-4/h10-11,13,15,19,22H,6-9,12H2,1-5H3/t13-,15+,19+,22-,23-,24-,25-/m1/s1. The molecule has 1 aliphatic carbocycles. The van der Waals surface area contributed by atoms with Crippen molar-refractivity contribution in [2.75, 3.05) is 21.3 Å². The molecular weight excluding hydrogens is 458 g/mol. The van der Waals surface area contributed by atoms with Crippen LogP contribution in [0.5, 0.6) is 17.2 Å². The van der Waals surface area contributed by atoms with Gasteiger partial charge in [-0.2, -0.15) is 0 Å². The average molecular weight is 490 g/mol. The lowest BCUT2D eigenvalue weighted by Gasteiger charge is -2.59. The molecule has 35 heavy (non-hydrogen) atoms. The Morgan fingerprint density at radius 3 is 2.46 bits per heavy atom. The van der Waals surface area contributed by atoms with Crippen LogP contribution in [-0.2, 0) is 28.9 Å². The Hall–Kier alpha value is -2.56. The van der Waals surface area contributed by atoms with Gasteiger partial charge in [-0.25, -0.2) is 14.6 Å². The van der Waals surface area contributed by atoms with Gasteiger partial charge in [0.25, 0.3) is 0 Å². The maximum absolute atomic E-state index is 13.6. The molecule has 2 spiro atoms. The minimum Gasteiger partial charge on any atom is -0.493 e. The summed E-state index contributed by atoms with van der Waals surface area (Å²) < 4.78 is 28.6. The van der Waals surface area contributed by atoms with E-state index in [-0.39, 0.29) is 18.3 Å². The molecule has 1 saturated carbocycles. The van der Waals surface area contributed by atoms with Crippen LogP contribution >= 0.6 is 0 Å². The zero-order valence-corrected chi connectivity index (χ0v) is 20.6. The van der Waals surface area contributed by atoms with E-state index in [4.69, 9.17) is 38.3 Å². The lowest BCUT2D eigenvalue weighted by Crippen LogP contribution is -2.75. The highest BCUT2D eigenvalue weighted by Crippen LogP contribution is 2.62. The number of oxime groups is 1. The Balaban J connectivity index is 1.39. The average Bonchev–Trinajstić information content (AvgIpc) is 3.18. The number of carbonyl (C=O) groups is 1. The minimum absolute atomic E-state index is 0.0920. The molecule has 5 aliphatic heterocycles. The SMILES string of the molecule is COc1cc(C2=NO[C@@]3(C2)C(=O)O[C@@H]2O[C@@]4(C)CC[C@H]5[C@H](C)CC[C@@H]3[C@@]25OO4)cc(OC)c1OC. The van der Waals surface area contributed by atoms with E-state index in [2.05, 4.69) is 12.1 Å². The zero-order chi connectivity index (χ0) is 24.6. The summed E-state index contributed by atoms with van der Waals surface area (Å²) >= 11 is 0. The lowest BCUT2D eigenvalue weighted by molar-refractivity contribution is -0.563. The van der Waals surface area contributed by atoms with E-state index >= 15 is 0 Å². The summed E-state index contributed by atoms with van der Waals surface area (Å²) in [7, 11) is 4.65. The number of carbonyl (C=O) groups excluding carboxylic acids is 1. The van der Waals surface area contributed by atoms with Gasteiger partial charge in [0, 0.05) is 24.3 Å². The highest BCUT2D eigenvalue weighted by Gasteiger charge is 2.77. The van der Waals surface area contributed by atoms with Gasteiger partial charge in [-0.15, -0.1) is 0 Å². The Morgan fingerprint density at radius 1 is 1.03 bits per heavy atom. The largest absolute Gasteiger partial charge is 0.493 e. The first-order valence-corrected chi connectivity index (χ1v) is 12.1. The fourth-order valence-electron chi connectivity index (χ4n) is 6.79. The van der Waals surface area contributed by atoms with Crippen molar-refractivity contribution in [2.45, 2.75) is 69.2 Å². The fraction of sp³-hybridized carbons (Fsp3) is 0.680.